The lowest BCUT2D eigenvalue weighted by Gasteiger charge is -2.29. The van der Waals surface area contributed by atoms with Crippen molar-refractivity contribution < 1.29 is 17.9 Å². The van der Waals surface area contributed by atoms with Crippen LogP contribution in [0.1, 0.15) is 37.3 Å². The number of nitrogens with one attached hydrogen (secondary N) is 1. The maximum atomic E-state index is 12.6. The second kappa shape index (κ2) is 6.59. The molecule has 0 bridgehead atoms. The Hall–Kier alpha value is -1.07. The molecule has 1 saturated heterocycles. The van der Waals surface area contributed by atoms with Gasteiger partial charge < -0.3 is 10.1 Å². The molecule has 112 valence electrons. The summed E-state index contributed by atoms with van der Waals surface area (Å²) in [5, 5.41) is 3.33. The van der Waals surface area contributed by atoms with Gasteiger partial charge >= 0.3 is 6.18 Å². The van der Waals surface area contributed by atoms with Crippen LogP contribution in [0.5, 0.6) is 0 Å². The highest BCUT2D eigenvalue weighted by Gasteiger charge is 2.30. The number of halogens is 3. The molecule has 5 heteroatoms. The van der Waals surface area contributed by atoms with E-state index in [-0.39, 0.29) is 6.10 Å². The average molecular weight is 287 g/mol. The molecule has 1 fully saturated rings. The van der Waals surface area contributed by atoms with Gasteiger partial charge in [0, 0.05) is 19.2 Å². The Bertz CT molecular complexity index is 433. The smallest absolute Gasteiger partial charge is 0.378 e. The van der Waals surface area contributed by atoms with E-state index in [2.05, 4.69) is 12.2 Å². The highest BCUT2D eigenvalue weighted by molar-refractivity contribution is 5.25. The Morgan fingerprint density at radius 3 is 2.85 bits per heavy atom. The topological polar surface area (TPSA) is 21.3 Å². The maximum absolute atomic E-state index is 12.6. The van der Waals surface area contributed by atoms with Crippen molar-refractivity contribution in [1.82, 2.24) is 5.32 Å². The van der Waals surface area contributed by atoms with E-state index in [0.717, 1.165) is 31.9 Å². The van der Waals surface area contributed by atoms with Gasteiger partial charge in [-0.25, -0.2) is 0 Å². The Labute approximate surface area is 117 Å². The van der Waals surface area contributed by atoms with Gasteiger partial charge in [-0.2, -0.15) is 13.2 Å². The summed E-state index contributed by atoms with van der Waals surface area (Å²) in [5.74, 6) is 0. The first-order valence-corrected chi connectivity index (χ1v) is 7.00. The van der Waals surface area contributed by atoms with Crippen LogP contribution in [0, 0.1) is 0 Å². The van der Waals surface area contributed by atoms with Crippen molar-refractivity contribution in [3.63, 3.8) is 0 Å². The van der Waals surface area contributed by atoms with Gasteiger partial charge in [0.1, 0.15) is 0 Å². The predicted octanol–water partition coefficient (Wildman–Crippen LogP) is 3.75. The number of ether oxygens (including phenoxy) is 1. The maximum Gasteiger partial charge on any atom is 0.416 e. The zero-order valence-corrected chi connectivity index (χ0v) is 11.5. The van der Waals surface area contributed by atoms with Crippen molar-refractivity contribution in [1.29, 1.82) is 0 Å². The van der Waals surface area contributed by atoms with E-state index < -0.39 is 11.7 Å². The van der Waals surface area contributed by atoms with Gasteiger partial charge in [-0.1, -0.05) is 25.1 Å². The van der Waals surface area contributed by atoms with Gasteiger partial charge in [-0.3, -0.25) is 0 Å². The highest BCUT2D eigenvalue weighted by atomic mass is 19.4. The molecule has 0 aromatic heterocycles. The minimum absolute atomic E-state index is 0.266. The minimum Gasteiger partial charge on any atom is -0.378 e. The highest BCUT2D eigenvalue weighted by Crippen LogP contribution is 2.29. The fourth-order valence-electron chi connectivity index (χ4n) is 2.47. The van der Waals surface area contributed by atoms with Crippen LogP contribution in [0.15, 0.2) is 24.3 Å². The van der Waals surface area contributed by atoms with Crippen molar-refractivity contribution in [3.8, 4) is 0 Å². The lowest BCUT2D eigenvalue weighted by molar-refractivity contribution is -0.137. The van der Waals surface area contributed by atoms with Crippen LogP contribution in [-0.2, 0) is 17.5 Å². The molecule has 2 nitrogen and oxygen atoms in total. The summed E-state index contributed by atoms with van der Waals surface area (Å²) < 4.78 is 43.5. The third kappa shape index (κ3) is 4.21. The molecule has 1 aliphatic heterocycles. The first-order chi connectivity index (χ1) is 9.49. The monoisotopic (exact) mass is 287 g/mol. The molecular formula is C15H20F3NO. The Morgan fingerprint density at radius 1 is 1.35 bits per heavy atom. The fraction of sp³-hybridized carbons (Fsp3) is 0.600. The summed E-state index contributed by atoms with van der Waals surface area (Å²) in [6.45, 7) is 3.27. The van der Waals surface area contributed by atoms with Gasteiger partial charge in [-0.05, 0) is 30.9 Å². The van der Waals surface area contributed by atoms with Crippen LogP contribution in [0.3, 0.4) is 0 Å². The van der Waals surface area contributed by atoms with Crippen molar-refractivity contribution in [2.45, 2.75) is 51.1 Å². The van der Waals surface area contributed by atoms with Crippen molar-refractivity contribution in [2.24, 2.45) is 0 Å². The SMILES string of the molecule is CCC1CC(NCc2cccc(C(F)(F)F)c2)CCO1. The molecule has 0 spiro atoms. The minimum atomic E-state index is -4.28. The van der Waals surface area contributed by atoms with Gasteiger partial charge in [0.2, 0.25) is 0 Å². The summed E-state index contributed by atoms with van der Waals surface area (Å²) in [5.41, 5.74) is 0.0783. The molecule has 1 N–H and O–H groups in total. The largest absolute Gasteiger partial charge is 0.416 e. The molecule has 2 atom stereocenters. The van der Waals surface area contributed by atoms with Gasteiger partial charge in [0.05, 0.1) is 11.7 Å². The lowest BCUT2D eigenvalue weighted by Crippen LogP contribution is -2.38. The molecule has 0 aliphatic carbocycles. The van der Waals surface area contributed by atoms with E-state index in [1.165, 1.54) is 12.1 Å². The Balaban J connectivity index is 1.91. The van der Waals surface area contributed by atoms with Gasteiger partial charge in [0.25, 0.3) is 0 Å². The van der Waals surface area contributed by atoms with Crippen LogP contribution < -0.4 is 5.32 Å². The summed E-state index contributed by atoms with van der Waals surface area (Å²) in [6, 6.07) is 5.81. The van der Waals surface area contributed by atoms with Crippen molar-refractivity contribution in [3.05, 3.63) is 35.4 Å². The van der Waals surface area contributed by atoms with E-state index in [9.17, 15) is 13.2 Å². The van der Waals surface area contributed by atoms with E-state index in [4.69, 9.17) is 4.74 Å². The number of rotatable bonds is 4. The van der Waals surface area contributed by atoms with E-state index >= 15 is 0 Å². The predicted molar refractivity (Wildman–Crippen MR) is 71.3 cm³/mol. The second-order valence-corrected chi connectivity index (χ2v) is 5.20. The number of hydrogen-bond donors (Lipinski definition) is 1. The zero-order chi connectivity index (χ0) is 14.6. The summed E-state index contributed by atoms with van der Waals surface area (Å²) in [4.78, 5) is 0. The van der Waals surface area contributed by atoms with Crippen LogP contribution >= 0.6 is 0 Å². The quantitative estimate of drug-likeness (QED) is 0.910. The summed E-state index contributed by atoms with van der Waals surface area (Å²) >= 11 is 0. The molecule has 2 rings (SSSR count). The fourth-order valence-corrected chi connectivity index (χ4v) is 2.47. The third-order valence-electron chi connectivity index (χ3n) is 3.67. The van der Waals surface area contributed by atoms with E-state index in [1.54, 1.807) is 6.07 Å². The first kappa shape index (κ1) is 15.3. The zero-order valence-electron chi connectivity index (χ0n) is 11.5. The Morgan fingerprint density at radius 2 is 2.15 bits per heavy atom. The average Bonchev–Trinajstić information content (AvgIpc) is 2.45. The molecule has 1 aromatic rings. The second-order valence-electron chi connectivity index (χ2n) is 5.20. The van der Waals surface area contributed by atoms with Crippen LogP contribution in [0.25, 0.3) is 0 Å². The van der Waals surface area contributed by atoms with E-state index in [0.29, 0.717) is 18.2 Å². The third-order valence-corrected chi connectivity index (χ3v) is 3.67. The molecular weight excluding hydrogens is 267 g/mol. The van der Waals surface area contributed by atoms with Crippen molar-refractivity contribution in [2.75, 3.05) is 6.61 Å². The molecule has 20 heavy (non-hydrogen) atoms. The van der Waals surface area contributed by atoms with Crippen LogP contribution in [-0.4, -0.2) is 18.8 Å². The van der Waals surface area contributed by atoms with Crippen LogP contribution in [0.4, 0.5) is 13.2 Å². The number of alkyl halides is 3. The van der Waals surface area contributed by atoms with E-state index in [1.807, 2.05) is 0 Å². The van der Waals surface area contributed by atoms with Gasteiger partial charge in [-0.15, -0.1) is 0 Å². The van der Waals surface area contributed by atoms with Gasteiger partial charge in [0.15, 0.2) is 0 Å². The summed E-state index contributed by atoms with van der Waals surface area (Å²) in [6.07, 6.45) is -1.20. The molecule has 0 amide bonds. The molecule has 1 aromatic carbocycles. The normalized spacial score (nSPS) is 23.8. The standard InChI is InChI=1S/C15H20F3NO/c1-2-14-9-13(6-7-20-14)19-10-11-4-3-5-12(8-11)15(16,17)18/h3-5,8,13-14,19H,2,6-7,9-10H2,1H3. The van der Waals surface area contributed by atoms with Crippen LogP contribution in [0.2, 0.25) is 0 Å². The summed E-state index contributed by atoms with van der Waals surface area (Å²) in [7, 11) is 0. The molecule has 1 heterocycles. The van der Waals surface area contributed by atoms with Crippen molar-refractivity contribution >= 4 is 0 Å². The lowest BCUT2D eigenvalue weighted by atomic mass is 10.0. The number of hydrogen-bond acceptors (Lipinski definition) is 2. The molecule has 1 aliphatic rings. The number of benzene rings is 1. The Kier molecular flexibility index (Phi) is 5.05. The molecule has 0 saturated carbocycles. The molecule has 2 unspecified atom stereocenters. The first-order valence-electron chi connectivity index (χ1n) is 7.00. The molecule has 0 radical (unpaired) electrons.